The summed E-state index contributed by atoms with van der Waals surface area (Å²) in [5, 5.41) is 2.21. The zero-order valence-electron chi connectivity index (χ0n) is 15.4. The predicted molar refractivity (Wildman–Crippen MR) is 112 cm³/mol. The summed E-state index contributed by atoms with van der Waals surface area (Å²) < 4.78 is 11.4. The number of methoxy groups -OCH3 is 2. The lowest BCUT2D eigenvalue weighted by molar-refractivity contribution is -0.122. The first-order valence-electron chi connectivity index (χ1n) is 8.25. The van der Waals surface area contributed by atoms with Crippen LogP contribution in [0, 0.1) is 10.5 Å². The van der Waals surface area contributed by atoms with Gasteiger partial charge >= 0.3 is 6.03 Å². The van der Waals surface area contributed by atoms with Gasteiger partial charge in [-0.3, -0.25) is 14.9 Å². The van der Waals surface area contributed by atoms with Gasteiger partial charge in [0.15, 0.2) is 11.5 Å². The third kappa shape index (κ3) is 3.72. The van der Waals surface area contributed by atoms with Gasteiger partial charge in [-0.25, -0.2) is 9.69 Å². The van der Waals surface area contributed by atoms with Crippen molar-refractivity contribution >= 4 is 52.2 Å². The average Bonchev–Trinajstić information content (AvgIpc) is 2.66. The number of carbonyl (C=O) groups is 3. The van der Waals surface area contributed by atoms with Crippen molar-refractivity contribution in [3.05, 3.63) is 56.7 Å². The number of urea groups is 1. The Morgan fingerprint density at radius 1 is 1.04 bits per heavy atom. The summed E-state index contributed by atoms with van der Waals surface area (Å²) in [4.78, 5) is 38.4. The Hall–Kier alpha value is -2.88. The number of anilines is 1. The Morgan fingerprint density at radius 3 is 2.32 bits per heavy atom. The second-order valence-corrected chi connectivity index (χ2v) is 7.19. The Balaban J connectivity index is 2.04. The number of halogens is 1. The fraction of sp³-hybridized carbons (Fsp3) is 0.150. The van der Waals surface area contributed by atoms with Gasteiger partial charge in [0, 0.05) is 0 Å². The molecule has 2 aromatic carbocycles. The molecule has 0 aliphatic carbocycles. The summed E-state index contributed by atoms with van der Waals surface area (Å²) in [6.45, 7) is 1.90. The highest BCUT2D eigenvalue weighted by Gasteiger charge is 2.36. The Labute approximate surface area is 175 Å². The molecular weight excluding hydrogens is 475 g/mol. The molecule has 8 heteroatoms. The maximum absolute atomic E-state index is 12.9. The standard InChI is InChI=1S/C20H17IN2O5/c1-11-4-6-13(7-5-11)23-19(25)14(18(24)22-20(23)26)8-12-9-15(21)17(28-3)16(10-12)27-2/h4-10H,1-3H3,(H,22,24,26)/b14-8+. The van der Waals surface area contributed by atoms with E-state index in [1.54, 1.807) is 36.4 Å². The van der Waals surface area contributed by atoms with Crippen LogP contribution in [0.4, 0.5) is 10.5 Å². The Bertz CT molecular complexity index is 998. The number of ether oxygens (including phenoxy) is 2. The van der Waals surface area contributed by atoms with Crippen LogP contribution in [0.5, 0.6) is 11.5 Å². The van der Waals surface area contributed by atoms with E-state index >= 15 is 0 Å². The SMILES string of the molecule is COc1cc(/C=C2\C(=O)NC(=O)N(c3ccc(C)cc3)C2=O)cc(I)c1OC. The molecule has 1 fully saturated rings. The summed E-state index contributed by atoms with van der Waals surface area (Å²) >= 11 is 2.08. The highest BCUT2D eigenvalue weighted by atomic mass is 127. The van der Waals surface area contributed by atoms with Crippen LogP contribution in [0.3, 0.4) is 0 Å². The molecule has 3 rings (SSSR count). The summed E-state index contributed by atoms with van der Waals surface area (Å²) in [6.07, 6.45) is 1.43. The largest absolute Gasteiger partial charge is 0.493 e. The third-order valence-electron chi connectivity index (χ3n) is 4.16. The fourth-order valence-corrected chi connectivity index (χ4v) is 3.62. The number of amides is 4. The second kappa shape index (κ2) is 8.01. The minimum Gasteiger partial charge on any atom is -0.493 e. The summed E-state index contributed by atoms with van der Waals surface area (Å²) in [7, 11) is 3.03. The molecule has 28 heavy (non-hydrogen) atoms. The molecule has 0 unspecified atom stereocenters. The first kappa shape index (κ1) is 19.9. The van der Waals surface area contributed by atoms with E-state index in [0.717, 1.165) is 14.0 Å². The molecule has 144 valence electrons. The van der Waals surface area contributed by atoms with Crippen molar-refractivity contribution in [1.82, 2.24) is 5.32 Å². The van der Waals surface area contributed by atoms with Gasteiger partial charge in [-0.1, -0.05) is 17.7 Å². The number of hydrogen-bond donors (Lipinski definition) is 1. The lowest BCUT2D eigenvalue weighted by Crippen LogP contribution is -2.54. The monoisotopic (exact) mass is 492 g/mol. The lowest BCUT2D eigenvalue weighted by atomic mass is 10.1. The molecule has 0 atom stereocenters. The highest BCUT2D eigenvalue weighted by Crippen LogP contribution is 2.34. The van der Waals surface area contributed by atoms with Crippen molar-refractivity contribution in [2.75, 3.05) is 19.1 Å². The number of imide groups is 2. The van der Waals surface area contributed by atoms with Crippen molar-refractivity contribution in [2.24, 2.45) is 0 Å². The lowest BCUT2D eigenvalue weighted by Gasteiger charge is -2.26. The quantitative estimate of drug-likeness (QED) is 0.403. The third-order valence-corrected chi connectivity index (χ3v) is 4.96. The zero-order chi connectivity index (χ0) is 20.4. The Kier molecular flexibility index (Phi) is 5.68. The maximum Gasteiger partial charge on any atom is 0.335 e. The molecule has 4 amide bonds. The van der Waals surface area contributed by atoms with E-state index in [0.29, 0.717) is 22.7 Å². The molecule has 1 aliphatic rings. The molecule has 0 saturated carbocycles. The number of benzene rings is 2. The van der Waals surface area contributed by atoms with Gasteiger partial charge in [0.25, 0.3) is 11.8 Å². The van der Waals surface area contributed by atoms with E-state index in [9.17, 15) is 14.4 Å². The Morgan fingerprint density at radius 2 is 1.71 bits per heavy atom. The van der Waals surface area contributed by atoms with Gasteiger partial charge in [0.05, 0.1) is 23.5 Å². The number of hydrogen-bond acceptors (Lipinski definition) is 5. The summed E-state index contributed by atoms with van der Waals surface area (Å²) in [5.41, 5.74) is 1.79. The molecule has 0 spiro atoms. The predicted octanol–water partition coefficient (Wildman–Crippen LogP) is 3.28. The zero-order valence-corrected chi connectivity index (χ0v) is 17.6. The number of nitrogens with zero attached hydrogens (tertiary/aromatic N) is 1. The van der Waals surface area contributed by atoms with Crippen molar-refractivity contribution in [2.45, 2.75) is 6.92 Å². The average molecular weight is 492 g/mol. The molecular formula is C20H17IN2O5. The van der Waals surface area contributed by atoms with E-state index in [4.69, 9.17) is 9.47 Å². The molecule has 1 heterocycles. The number of aryl methyl sites for hydroxylation is 1. The van der Waals surface area contributed by atoms with Crippen LogP contribution >= 0.6 is 22.6 Å². The van der Waals surface area contributed by atoms with Crippen molar-refractivity contribution < 1.29 is 23.9 Å². The number of barbiturate groups is 1. The van der Waals surface area contributed by atoms with Crippen LogP contribution in [0.1, 0.15) is 11.1 Å². The summed E-state index contributed by atoms with van der Waals surface area (Å²) in [6, 6.07) is 9.50. The molecule has 0 aromatic heterocycles. The van der Waals surface area contributed by atoms with Crippen LogP contribution in [0.15, 0.2) is 42.0 Å². The van der Waals surface area contributed by atoms with Gasteiger partial charge < -0.3 is 9.47 Å². The van der Waals surface area contributed by atoms with Gasteiger partial charge in [-0.2, -0.15) is 0 Å². The smallest absolute Gasteiger partial charge is 0.335 e. The normalized spacial score (nSPS) is 15.6. The molecule has 1 aliphatic heterocycles. The number of carbonyl (C=O) groups excluding carboxylic acids is 3. The van der Waals surface area contributed by atoms with Gasteiger partial charge in [0.1, 0.15) is 5.57 Å². The molecule has 2 aromatic rings. The second-order valence-electron chi connectivity index (χ2n) is 6.03. The van der Waals surface area contributed by atoms with Gasteiger partial charge in [0.2, 0.25) is 0 Å². The number of rotatable bonds is 4. The van der Waals surface area contributed by atoms with E-state index < -0.39 is 17.8 Å². The topological polar surface area (TPSA) is 84.9 Å². The van der Waals surface area contributed by atoms with Crippen molar-refractivity contribution in [3.63, 3.8) is 0 Å². The van der Waals surface area contributed by atoms with E-state index in [-0.39, 0.29) is 5.57 Å². The molecule has 1 N–H and O–H groups in total. The van der Waals surface area contributed by atoms with Crippen LogP contribution < -0.4 is 19.7 Å². The molecule has 1 saturated heterocycles. The van der Waals surface area contributed by atoms with Crippen LogP contribution in [-0.4, -0.2) is 32.1 Å². The molecule has 0 bridgehead atoms. The van der Waals surface area contributed by atoms with Gasteiger partial charge in [-0.05, 0) is 65.4 Å². The first-order chi connectivity index (χ1) is 13.3. The molecule has 0 radical (unpaired) electrons. The van der Waals surface area contributed by atoms with Crippen LogP contribution in [0.2, 0.25) is 0 Å². The number of nitrogens with one attached hydrogen (secondary N) is 1. The van der Waals surface area contributed by atoms with Gasteiger partial charge in [-0.15, -0.1) is 0 Å². The van der Waals surface area contributed by atoms with E-state index in [1.165, 1.54) is 20.3 Å². The maximum atomic E-state index is 12.9. The summed E-state index contributed by atoms with van der Waals surface area (Å²) in [5.74, 6) is -0.414. The highest BCUT2D eigenvalue weighted by molar-refractivity contribution is 14.1. The minimum absolute atomic E-state index is 0.150. The first-order valence-corrected chi connectivity index (χ1v) is 9.33. The van der Waals surface area contributed by atoms with E-state index in [2.05, 4.69) is 27.9 Å². The van der Waals surface area contributed by atoms with Crippen molar-refractivity contribution in [1.29, 1.82) is 0 Å². The van der Waals surface area contributed by atoms with Crippen LogP contribution in [0.25, 0.3) is 6.08 Å². The minimum atomic E-state index is -0.780. The van der Waals surface area contributed by atoms with E-state index in [1.807, 2.05) is 6.92 Å². The van der Waals surface area contributed by atoms with Crippen molar-refractivity contribution in [3.8, 4) is 11.5 Å². The molecule has 7 nitrogen and oxygen atoms in total. The van der Waals surface area contributed by atoms with Crippen LogP contribution in [-0.2, 0) is 9.59 Å². The fourth-order valence-electron chi connectivity index (χ4n) is 2.77.